The van der Waals surface area contributed by atoms with Gasteiger partial charge in [-0.2, -0.15) is 0 Å². The molecule has 0 radical (unpaired) electrons. The van der Waals surface area contributed by atoms with Crippen molar-refractivity contribution in [2.45, 2.75) is 52.2 Å². The van der Waals surface area contributed by atoms with Gasteiger partial charge in [-0.1, -0.05) is 6.07 Å². The van der Waals surface area contributed by atoms with Crippen LogP contribution in [0.4, 0.5) is 4.79 Å². The number of nitrogens with one attached hydrogen (secondary N) is 2. The van der Waals surface area contributed by atoms with E-state index < -0.39 is 5.60 Å². The van der Waals surface area contributed by atoms with Gasteiger partial charge in [0.25, 0.3) is 0 Å². The van der Waals surface area contributed by atoms with Gasteiger partial charge in [-0.3, -0.25) is 9.39 Å². The number of carbonyl (C=O) groups is 1. The van der Waals surface area contributed by atoms with Gasteiger partial charge in [0.2, 0.25) is 0 Å². The van der Waals surface area contributed by atoms with E-state index in [0.717, 1.165) is 56.3 Å². The molecule has 2 N–H and O–H groups in total. The van der Waals surface area contributed by atoms with Crippen LogP contribution in [0.1, 0.15) is 45.9 Å². The fourth-order valence-corrected chi connectivity index (χ4v) is 3.58. The smallest absolute Gasteiger partial charge is 0.410 e. The highest BCUT2D eigenvalue weighted by atomic mass is 16.6. The van der Waals surface area contributed by atoms with Gasteiger partial charge in [0, 0.05) is 32.9 Å². The number of nitrogens with zero attached hydrogens (tertiary/aromatic N) is 5. The lowest BCUT2D eigenvalue weighted by Gasteiger charge is -2.34. The molecule has 0 saturated carbocycles. The van der Waals surface area contributed by atoms with Crippen LogP contribution in [0.2, 0.25) is 0 Å². The first-order valence-corrected chi connectivity index (χ1v) is 10.6. The molecule has 2 aromatic heterocycles. The number of piperidine rings is 1. The summed E-state index contributed by atoms with van der Waals surface area (Å²) >= 11 is 0. The van der Waals surface area contributed by atoms with Crippen LogP contribution in [0, 0.1) is 5.92 Å². The Labute approximate surface area is 177 Å². The maximum Gasteiger partial charge on any atom is 0.410 e. The number of aliphatic imine (C=N–C) groups is 1. The molecule has 9 nitrogen and oxygen atoms in total. The highest BCUT2D eigenvalue weighted by Crippen LogP contribution is 2.21. The molecule has 3 heterocycles. The molecule has 164 valence electrons. The van der Waals surface area contributed by atoms with Gasteiger partial charge >= 0.3 is 6.09 Å². The van der Waals surface area contributed by atoms with E-state index in [1.165, 1.54) is 0 Å². The zero-order valence-electron chi connectivity index (χ0n) is 18.4. The Morgan fingerprint density at radius 1 is 1.30 bits per heavy atom. The van der Waals surface area contributed by atoms with E-state index in [1.807, 2.05) is 54.5 Å². The third-order valence-electron chi connectivity index (χ3n) is 5.04. The van der Waals surface area contributed by atoms with Crippen LogP contribution in [0.3, 0.4) is 0 Å². The van der Waals surface area contributed by atoms with Gasteiger partial charge in [-0.15, -0.1) is 10.2 Å². The second-order valence-electron chi connectivity index (χ2n) is 8.62. The Morgan fingerprint density at radius 3 is 2.90 bits per heavy atom. The molecule has 0 aromatic carbocycles. The molecule has 0 spiro atoms. The van der Waals surface area contributed by atoms with Gasteiger partial charge in [-0.25, -0.2) is 4.79 Å². The molecule has 30 heavy (non-hydrogen) atoms. The summed E-state index contributed by atoms with van der Waals surface area (Å²) in [7, 11) is 1.75. The van der Waals surface area contributed by atoms with Crippen molar-refractivity contribution in [1.29, 1.82) is 0 Å². The molecule has 1 aliphatic heterocycles. The number of carbonyl (C=O) groups excluding carboxylic acids is 1. The predicted octanol–water partition coefficient (Wildman–Crippen LogP) is 2.43. The monoisotopic (exact) mass is 415 g/mol. The van der Waals surface area contributed by atoms with E-state index in [4.69, 9.17) is 4.74 Å². The molecule has 0 bridgehead atoms. The van der Waals surface area contributed by atoms with Crippen LogP contribution in [0.5, 0.6) is 0 Å². The van der Waals surface area contributed by atoms with Gasteiger partial charge < -0.3 is 20.3 Å². The van der Waals surface area contributed by atoms with Gasteiger partial charge in [-0.05, 0) is 58.1 Å². The average Bonchev–Trinajstić information content (AvgIpc) is 3.13. The topological polar surface area (TPSA) is 96.2 Å². The summed E-state index contributed by atoms with van der Waals surface area (Å²) in [6, 6.07) is 5.82. The fourth-order valence-electron chi connectivity index (χ4n) is 3.58. The summed E-state index contributed by atoms with van der Waals surface area (Å²) in [5, 5.41) is 15.0. The summed E-state index contributed by atoms with van der Waals surface area (Å²) in [5.74, 6) is 2.01. The molecule has 1 aliphatic rings. The van der Waals surface area contributed by atoms with Crippen LogP contribution >= 0.6 is 0 Å². The van der Waals surface area contributed by atoms with Crippen LogP contribution < -0.4 is 10.6 Å². The van der Waals surface area contributed by atoms with E-state index in [9.17, 15) is 4.79 Å². The normalized spacial score (nSPS) is 17.8. The third kappa shape index (κ3) is 6.08. The maximum absolute atomic E-state index is 12.3. The number of rotatable bonds is 5. The van der Waals surface area contributed by atoms with Crippen LogP contribution in [0.15, 0.2) is 29.4 Å². The average molecular weight is 416 g/mol. The van der Waals surface area contributed by atoms with Crippen LogP contribution in [-0.4, -0.2) is 63.8 Å². The lowest BCUT2D eigenvalue weighted by molar-refractivity contribution is 0.0162. The molecule has 1 atom stereocenters. The molecule has 1 fully saturated rings. The van der Waals surface area contributed by atoms with Gasteiger partial charge in [0.05, 0.1) is 6.54 Å². The summed E-state index contributed by atoms with van der Waals surface area (Å²) in [6.45, 7) is 8.53. The quantitative estimate of drug-likeness (QED) is 0.575. The van der Waals surface area contributed by atoms with Crippen molar-refractivity contribution in [3.8, 4) is 0 Å². The van der Waals surface area contributed by atoms with Crippen molar-refractivity contribution in [1.82, 2.24) is 30.1 Å². The minimum absolute atomic E-state index is 0.210. The van der Waals surface area contributed by atoms with Crippen molar-refractivity contribution >= 4 is 17.7 Å². The molecule has 1 unspecified atom stereocenters. The Kier molecular flexibility index (Phi) is 7.12. The highest BCUT2D eigenvalue weighted by Gasteiger charge is 2.27. The Morgan fingerprint density at radius 2 is 2.13 bits per heavy atom. The molecule has 1 amide bonds. The number of hydrogen-bond donors (Lipinski definition) is 2. The van der Waals surface area contributed by atoms with Gasteiger partial charge in [0.1, 0.15) is 5.60 Å². The summed E-state index contributed by atoms with van der Waals surface area (Å²) in [4.78, 5) is 18.4. The minimum Gasteiger partial charge on any atom is -0.444 e. The Hall–Kier alpha value is -2.84. The maximum atomic E-state index is 12.3. The zero-order valence-corrected chi connectivity index (χ0v) is 18.4. The summed E-state index contributed by atoms with van der Waals surface area (Å²) < 4.78 is 7.46. The standard InChI is InChI=1S/C21H33N7O2/c1-21(2,3)30-20(29)27-12-7-8-16(15-27)10-11-23-19(22-4)24-14-18-26-25-17-9-5-6-13-28(17)18/h5-6,9,13,16H,7-8,10-12,14-15H2,1-4H3,(H2,22,23,24). The largest absolute Gasteiger partial charge is 0.444 e. The Balaban J connectivity index is 1.42. The SMILES string of the molecule is CN=C(NCCC1CCCN(C(=O)OC(C)(C)C)C1)NCc1nnc2ccccn12. The van der Waals surface area contributed by atoms with Crippen molar-refractivity contribution < 1.29 is 9.53 Å². The van der Waals surface area contributed by atoms with Crippen LogP contribution in [-0.2, 0) is 11.3 Å². The lowest BCUT2D eigenvalue weighted by atomic mass is 9.95. The zero-order chi connectivity index (χ0) is 21.6. The minimum atomic E-state index is -0.459. The third-order valence-corrected chi connectivity index (χ3v) is 5.04. The summed E-state index contributed by atoms with van der Waals surface area (Å²) in [5.41, 5.74) is 0.364. The molecular formula is C21H33N7O2. The number of ether oxygens (including phenoxy) is 1. The second kappa shape index (κ2) is 9.77. The van der Waals surface area contributed by atoms with Gasteiger partial charge in [0.15, 0.2) is 17.4 Å². The first-order chi connectivity index (χ1) is 14.4. The molecule has 3 rings (SSSR count). The van der Waals surface area contributed by atoms with E-state index in [2.05, 4.69) is 25.8 Å². The number of guanidine groups is 1. The molecule has 1 saturated heterocycles. The first kappa shape index (κ1) is 21.9. The lowest BCUT2D eigenvalue weighted by Crippen LogP contribution is -2.44. The molecular weight excluding hydrogens is 382 g/mol. The highest BCUT2D eigenvalue weighted by molar-refractivity contribution is 5.79. The summed E-state index contributed by atoms with van der Waals surface area (Å²) in [6.07, 6.45) is 4.84. The first-order valence-electron chi connectivity index (χ1n) is 10.6. The Bertz CT molecular complexity index is 872. The number of likely N-dealkylation sites (tertiary alicyclic amines) is 1. The van der Waals surface area contributed by atoms with E-state index >= 15 is 0 Å². The van der Waals surface area contributed by atoms with E-state index in [-0.39, 0.29) is 6.09 Å². The van der Waals surface area contributed by atoms with Crippen molar-refractivity contribution in [2.24, 2.45) is 10.9 Å². The number of hydrogen-bond acceptors (Lipinski definition) is 5. The number of aromatic nitrogens is 3. The second-order valence-corrected chi connectivity index (χ2v) is 8.62. The molecule has 9 heteroatoms. The number of pyridine rings is 1. The number of fused-ring (bicyclic) bond motifs is 1. The molecule has 2 aromatic rings. The fraction of sp³-hybridized carbons (Fsp3) is 0.619. The number of amides is 1. The van der Waals surface area contributed by atoms with Crippen molar-refractivity contribution in [2.75, 3.05) is 26.7 Å². The van der Waals surface area contributed by atoms with Crippen molar-refractivity contribution in [3.63, 3.8) is 0 Å². The predicted molar refractivity (Wildman–Crippen MR) is 116 cm³/mol. The van der Waals surface area contributed by atoms with Crippen molar-refractivity contribution in [3.05, 3.63) is 30.2 Å². The van der Waals surface area contributed by atoms with E-state index in [1.54, 1.807) is 7.05 Å². The molecule has 0 aliphatic carbocycles. The van der Waals surface area contributed by atoms with E-state index in [0.29, 0.717) is 12.5 Å². The van der Waals surface area contributed by atoms with Crippen LogP contribution in [0.25, 0.3) is 5.65 Å².